The first-order valence-corrected chi connectivity index (χ1v) is 11.5. The van der Waals surface area contributed by atoms with Gasteiger partial charge in [-0.1, -0.05) is 24.3 Å². The molecule has 5 nitrogen and oxygen atoms in total. The molecule has 0 bridgehead atoms. The molecule has 1 unspecified atom stereocenters. The summed E-state index contributed by atoms with van der Waals surface area (Å²) in [7, 11) is 1.10. The van der Waals surface area contributed by atoms with Gasteiger partial charge < -0.3 is 10.1 Å². The number of methoxy groups -OCH3 is 1. The number of rotatable bonds is 5. The normalized spacial score (nSPS) is 25.9. The van der Waals surface area contributed by atoms with Gasteiger partial charge in [0.15, 0.2) is 11.6 Å². The third kappa shape index (κ3) is 4.86. The van der Waals surface area contributed by atoms with E-state index in [2.05, 4.69) is 15.8 Å². The van der Waals surface area contributed by atoms with E-state index in [9.17, 15) is 26.7 Å². The van der Waals surface area contributed by atoms with Crippen LogP contribution in [0.1, 0.15) is 36.4 Å². The fourth-order valence-corrected chi connectivity index (χ4v) is 5.80. The molecule has 0 radical (unpaired) electrons. The summed E-state index contributed by atoms with van der Waals surface area (Å²) in [5, 5.41) is 5.43. The number of allylic oxidation sites excluding steroid dienone is 1. The maximum atomic E-state index is 14.4. The van der Waals surface area contributed by atoms with Gasteiger partial charge in [0.1, 0.15) is 4.75 Å². The Morgan fingerprint density at radius 3 is 2.69 bits per heavy atom. The molecule has 11 heteroatoms. The number of anilines is 1. The second-order valence-electron chi connectivity index (χ2n) is 8.45. The number of alkyl halides is 3. The van der Waals surface area contributed by atoms with Crippen molar-refractivity contribution in [3.05, 3.63) is 71.3 Å². The van der Waals surface area contributed by atoms with E-state index in [1.165, 1.54) is 6.07 Å². The third-order valence-electron chi connectivity index (χ3n) is 6.10. The summed E-state index contributed by atoms with van der Waals surface area (Å²) in [5.41, 5.74) is 4.09. The lowest BCUT2D eigenvalue weighted by molar-refractivity contribution is -0.155. The first-order chi connectivity index (χ1) is 16.5. The van der Waals surface area contributed by atoms with Gasteiger partial charge in [0, 0.05) is 23.4 Å². The first kappa shape index (κ1) is 25.0. The van der Waals surface area contributed by atoms with Gasteiger partial charge in [-0.05, 0) is 43.2 Å². The van der Waals surface area contributed by atoms with Gasteiger partial charge in [0.25, 0.3) is 0 Å². The lowest BCUT2D eigenvalue weighted by atomic mass is 9.85. The van der Waals surface area contributed by atoms with Crippen molar-refractivity contribution in [3.8, 4) is 5.75 Å². The van der Waals surface area contributed by atoms with Gasteiger partial charge in [-0.25, -0.2) is 4.39 Å². The summed E-state index contributed by atoms with van der Waals surface area (Å²) in [4.78, 5) is 13.3. The zero-order valence-corrected chi connectivity index (χ0v) is 19.5. The van der Waals surface area contributed by atoms with Gasteiger partial charge >= 0.3 is 6.18 Å². The number of carbonyl (C=O) groups excluding carboxylic acids is 1. The van der Waals surface area contributed by atoms with Crippen LogP contribution in [-0.2, 0) is 4.79 Å². The zero-order valence-electron chi connectivity index (χ0n) is 18.7. The van der Waals surface area contributed by atoms with Crippen LogP contribution in [0.4, 0.5) is 27.6 Å². The lowest BCUT2D eigenvalue weighted by Gasteiger charge is -2.26. The molecular weight excluding hydrogens is 489 g/mol. The van der Waals surface area contributed by atoms with E-state index >= 15 is 0 Å². The quantitative estimate of drug-likeness (QED) is 0.505. The Morgan fingerprint density at radius 2 is 2.03 bits per heavy atom. The predicted molar refractivity (Wildman–Crippen MR) is 125 cm³/mol. The number of carbonyl (C=O) groups is 1. The highest BCUT2D eigenvalue weighted by Crippen LogP contribution is 2.59. The van der Waals surface area contributed by atoms with Crippen LogP contribution in [-0.4, -0.2) is 35.4 Å². The Bertz CT molecular complexity index is 1190. The fraction of sp³-hybridized carbons (Fsp3) is 0.333. The summed E-state index contributed by atoms with van der Waals surface area (Å²) in [6, 6.07) is 8.60. The number of thioether (sulfide) groups is 1. The van der Waals surface area contributed by atoms with E-state index in [0.29, 0.717) is 17.4 Å². The van der Waals surface area contributed by atoms with Gasteiger partial charge in [-0.2, -0.15) is 22.7 Å². The lowest BCUT2D eigenvalue weighted by Crippen LogP contribution is -2.37. The summed E-state index contributed by atoms with van der Waals surface area (Å²) >= 11 is 0.460. The second kappa shape index (κ2) is 9.52. The maximum absolute atomic E-state index is 14.4. The standard InChI is InChI=1S/C24H22F5N3O2S/c1-23(24(27,28)29)12-16(15-8-9-17(25)19(26)20(15)34-2)21(35-23)22(33)31-14-6-3-5-13(11-14)18-7-4-10-30-32-18/h3-11,16,18,21,32H,12H2,1-2H3,(H,31,33)/t16-,18?,21+,23+/m0/s1. The zero-order chi connectivity index (χ0) is 25.4. The fourth-order valence-electron chi connectivity index (χ4n) is 4.25. The summed E-state index contributed by atoms with van der Waals surface area (Å²) in [5.74, 6) is -4.75. The highest BCUT2D eigenvalue weighted by atomic mass is 32.2. The van der Waals surface area contributed by atoms with Crippen LogP contribution in [0.25, 0.3) is 0 Å². The summed E-state index contributed by atoms with van der Waals surface area (Å²) in [6.07, 6.45) is 0.0791. The van der Waals surface area contributed by atoms with Crippen LogP contribution in [0.3, 0.4) is 0 Å². The second-order valence-corrected chi connectivity index (χ2v) is 10.1. The van der Waals surface area contributed by atoms with Crippen LogP contribution < -0.4 is 15.5 Å². The minimum absolute atomic E-state index is 0.00943. The number of ether oxygens (including phenoxy) is 1. The Hall–Kier alpha value is -3.08. The SMILES string of the molecule is COc1c([C@@H]2C[C@](C)(C(F)(F)F)S[C@H]2C(=O)Nc2cccc(C3C=CC=NN3)c2)ccc(F)c1F. The van der Waals surface area contributed by atoms with Crippen molar-refractivity contribution in [2.45, 2.75) is 41.5 Å². The Kier molecular flexibility index (Phi) is 6.81. The Balaban J connectivity index is 1.66. The van der Waals surface area contributed by atoms with Crippen LogP contribution >= 0.6 is 11.8 Å². The van der Waals surface area contributed by atoms with E-state index in [0.717, 1.165) is 25.7 Å². The van der Waals surface area contributed by atoms with Gasteiger partial charge in [0.2, 0.25) is 11.7 Å². The molecule has 1 amide bonds. The van der Waals surface area contributed by atoms with Crippen molar-refractivity contribution in [3.63, 3.8) is 0 Å². The summed E-state index contributed by atoms with van der Waals surface area (Å²) in [6.45, 7) is 1.01. The molecule has 4 rings (SSSR count). The molecule has 2 aliphatic heterocycles. The highest BCUT2D eigenvalue weighted by Gasteiger charge is 2.60. The van der Waals surface area contributed by atoms with Crippen LogP contribution in [0.15, 0.2) is 53.7 Å². The van der Waals surface area contributed by atoms with Crippen molar-refractivity contribution in [2.75, 3.05) is 12.4 Å². The molecule has 2 heterocycles. The molecule has 4 atom stereocenters. The van der Waals surface area contributed by atoms with Gasteiger partial charge in [0.05, 0.1) is 18.4 Å². The number of hydrogen-bond acceptors (Lipinski definition) is 5. The topological polar surface area (TPSA) is 62.7 Å². The summed E-state index contributed by atoms with van der Waals surface area (Å²) < 4.78 is 72.7. The molecule has 0 saturated carbocycles. The molecule has 0 aliphatic carbocycles. The maximum Gasteiger partial charge on any atom is 0.403 e. The van der Waals surface area contributed by atoms with Crippen LogP contribution in [0.2, 0.25) is 0 Å². The number of amides is 1. The minimum Gasteiger partial charge on any atom is -0.493 e. The molecular formula is C24H22F5N3O2S. The number of halogens is 5. The third-order valence-corrected chi connectivity index (χ3v) is 7.81. The Labute approximate surface area is 202 Å². The van der Waals surface area contributed by atoms with E-state index in [4.69, 9.17) is 4.74 Å². The van der Waals surface area contributed by atoms with E-state index in [-0.39, 0.29) is 11.6 Å². The first-order valence-electron chi connectivity index (χ1n) is 10.7. The van der Waals surface area contributed by atoms with Crippen molar-refractivity contribution in [1.82, 2.24) is 5.43 Å². The number of nitrogens with zero attached hydrogens (tertiary/aromatic N) is 1. The average Bonchev–Trinajstić information content (AvgIpc) is 3.20. The van der Waals surface area contributed by atoms with Gasteiger partial charge in [-0.3, -0.25) is 10.2 Å². The number of benzene rings is 2. The predicted octanol–water partition coefficient (Wildman–Crippen LogP) is 5.71. The van der Waals surface area contributed by atoms with Crippen molar-refractivity contribution >= 4 is 29.6 Å². The van der Waals surface area contributed by atoms with Crippen LogP contribution in [0.5, 0.6) is 5.75 Å². The largest absolute Gasteiger partial charge is 0.493 e. The molecule has 35 heavy (non-hydrogen) atoms. The molecule has 0 aromatic heterocycles. The van der Waals surface area contributed by atoms with Crippen molar-refractivity contribution in [1.29, 1.82) is 0 Å². The molecule has 2 N–H and O–H groups in total. The van der Waals surface area contributed by atoms with Gasteiger partial charge in [-0.15, -0.1) is 11.8 Å². The molecule has 1 saturated heterocycles. The average molecular weight is 512 g/mol. The minimum atomic E-state index is -4.63. The van der Waals surface area contributed by atoms with Crippen LogP contribution in [0, 0.1) is 11.6 Å². The molecule has 2 aliphatic rings. The Morgan fingerprint density at radius 1 is 1.26 bits per heavy atom. The van der Waals surface area contributed by atoms with E-state index in [1.54, 1.807) is 30.5 Å². The van der Waals surface area contributed by atoms with E-state index < -0.39 is 51.8 Å². The number of nitrogens with one attached hydrogen (secondary N) is 2. The highest BCUT2D eigenvalue weighted by molar-refractivity contribution is 8.02. The molecule has 1 fully saturated rings. The van der Waals surface area contributed by atoms with E-state index in [1.807, 2.05) is 12.1 Å². The monoisotopic (exact) mass is 511 g/mol. The molecule has 2 aromatic carbocycles. The number of hydrogen-bond donors (Lipinski definition) is 2. The smallest absolute Gasteiger partial charge is 0.403 e. The molecule has 0 spiro atoms. The molecule has 2 aromatic rings. The van der Waals surface area contributed by atoms with Crippen molar-refractivity contribution in [2.24, 2.45) is 5.10 Å². The number of hydrazone groups is 1. The molecule has 186 valence electrons. The van der Waals surface area contributed by atoms with Crippen molar-refractivity contribution < 1.29 is 31.5 Å².